The summed E-state index contributed by atoms with van der Waals surface area (Å²) in [6.07, 6.45) is 0.187. The average molecular weight is 218 g/mol. The Morgan fingerprint density at radius 3 is 2.86 bits per heavy atom. The van der Waals surface area contributed by atoms with Gasteiger partial charge in [-0.3, -0.25) is 0 Å². The van der Waals surface area contributed by atoms with Crippen molar-refractivity contribution < 1.29 is 9.50 Å². The van der Waals surface area contributed by atoms with Crippen LogP contribution in [0.25, 0.3) is 0 Å². The van der Waals surface area contributed by atoms with E-state index in [1.54, 1.807) is 12.1 Å². The van der Waals surface area contributed by atoms with Gasteiger partial charge in [0.2, 0.25) is 0 Å². The highest BCUT2D eigenvalue weighted by molar-refractivity contribution is 6.30. The van der Waals surface area contributed by atoms with Crippen molar-refractivity contribution in [2.45, 2.75) is 19.4 Å². The predicted octanol–water partition coefficient (Wildman–Crippen LogP) is 2.66. The lowest BCUT2D eigenvalue weighted by Gasteiger charge is -2.11. The van der Waals surface area contributed by atoms with Crippen molar-refractivity contribution in [1.29, 1.82) is 0 Å². The van der Waals surface area contributed by atoms with Gasteiger partial charge in [0.05, 0.1) is 11.8 Å². The molecule has 0 aromatic heterocycles. The first kappa shape index (κ1) is 11.3. The Morgan fingerprint density at radius 1 is 1.57 bits per heavy atom. The highest BCUT2D eigenvalue weighted by atomic mass is 35.5. The molecule has 78 valence electrons. The normalized spacial score (nSPS) is 12.6. The van der Waals surface area contributed by atoms with Gasteiger partial charge in [-0.25, -0.2) is 4.39 Å². The molecule has 1 unspecified atom stereocenters. The molecule has 0 aliphatic rings. The van der Waals surface area contributed by atoms with Gasteiger partial charge in [0.25, 0.3) is 0 Å². The lowest BCUT2D eigenvalue weighted by Crippen LogP contribution is -2.18. The molecule has 0 fully saturated rings. The Balaban J connectivity index is 2.59. The Morgan fingerprint density at radius 2 is 2.29 bits per heavy atom. The third-order valence-electron chi connectivity index (χ3n) is 1.93. The van der Waals surface area contributed by atoms with Crippen LogP contribution >= 0.6 is 11.6 Å². The maximum absolute atomic E-state index is 13.2. The van der Waals surface area contributed by atoms with Crippen molar-refractivity contribution >= 4 is 17.3 Å². The van der Waals surface area contributed by atoms with Crippen LogP contribution < -0.4 is 5.32 Å². The zero-order valence-corrected chi connectivity index (χ0v) is 8.68. The van der Waals surface area contributed by atoms with Gasteiger partial charge in [-0.1, -0.05) is 18.5 Å². The van der Waals surface area contributed by atoms with E-state index in [1.165, 1.54) is 6.07 Å². The van der Waals surface area contributed by atoms with E-state index < -0.39 is 11.9 Å². The second kappa shape index (κ2) is 5.17. The highest BCUT2D eigenvalue weighted by Crippen LogP contribution is 2.18. The largest absolute Gasteiger partial charge is 0.391 e. The lowest BCUT2D eigenvalue weighted by molar-refractivity contribution is 0.183. The summed E-state index contributed by atoms with van der Waals surface area (Å²) in [6.45, 7) is 2.21. The maximum atomic E-state index is 13.2. The number of aliphatic hydroxyl groups is 1. The SMILES string of the molecule is CCC(O)CNc1ccc(Cl)cc1F. The molecule has 0 amide bonds. The molecule has 1 rings (SSSR count). The van der Waals surface area contributed by atoms with Crippen molar-refractivity contribution in [2.75, 3.05) is 11.9 Å². The quantitative estimate of drug-likeness (QED) is 0.813. The zero-order chi connectivity index (χ0) is 10.6. The Labute approximate surface area is 87.7 Å². The second-order valence-corrected chi connectivity index (χ2v) is 3.50. The molecule has 0 saturated heterocycles. The summed E-state index contributed by atoms with van der Waals surface area (Å²) in [7, 11) is 0. The zero-order valence-electron chi connectivity index (χ0n) is 7.93. The average Bonchev–Trinajstić information content (AvgIpc) is 2.16. The fourth-order valence-corrected chi connectivity index (χ4v) is 1.16. The molecule has 0 heterocycles. The molecule has 4 heteroatoms. The summed E-state index contributed by atoms with van der Waals surface area (Å²) in [5.41, 5.74) is 0.363. The third kappa shape index (κ3) is 3.16. The molecule has 0 saturated carbocycles. The van der Waals surface area contributed by atoms with Crippen LogP contribution in [-0.2, 0) is 0 Å². The Bertz CT molecular complexity index is 306. The Hall–Kier alpha value is -0.800. The summed E-state index contributed by atoms with van der Waals surface area (Å²) in [5, 5.41) is 12.4. The maximum Gasteiger partial charge on any atom is 0.147 e. The van der Waals surface area contributed by atoms with Crippen LogP contribution in [0.3, 0.4) is 0 Å². The smallest absolute Gasteiger partial charge is 0.147 e. The van der Waals surface area contributed by atoms with Crippen LogP contribution in [0.2, 0.25) is 5.02 Å². The fraction of sp³-hybridized carbons (Fsp3) is 0.400. The number of anilines is 1. The fourth-order valence-electron chi connectivity index (χ4n) is 1.00. The molecule has 1 atom stereocenters. The van der Waals surface area contributed by atoms with E-state index in [0.29, 0.717) is 23.7 Å². The summed E-state index contributed by atoms with van der Waals surface area (Å²) in [5.74, 6) is -0.402. The molecule has 14 heavy (non-hydrogen) atoms. The molecular weight excluding hydrogens is 205 g/mol. The van der Waals surface area contributed by atoms with Crippen LogP contribution in [0.5, 0.6) is 0 Å². The summed E-state index contributed by atoms with van der Waals surface area (Å²) in [6, 6.07) is 4.40. The van der Waals surface area contributed by atoms with Crippen LogP contribution in [0.15, 0.2) is 18.2 Å². The minimum atomic E-state index is -0.454. The van der Waals surface area contributed by atoms with E-state index in [2.05, 4.69) is 5.32 Å². The van der Waals surface area contributed by atoms with Crippen molar-refractivity contribution in [2.24, 2.45) is 0 Å². The summed E-state index contributed by atoms with van der Waals surface area (Å²) in [4.78, 5) is 0. The number of rotatable bonds is 4. The van der Waals surface area contributed by atoms with Gasteiger partial charge in [-0.15, -0.1) is 0 Å². The molecule has 1 aromatic carbocycles. The van der Waals surface area contributed by atoms with Crippen LogP contribution in [-0.4, -0.2) is 17.8 Å². The molecule has 0 radical (unpaired) electrons. The number of benzene rings is 1. The van der Waals surface area contributed by atoms with Gasteiger partial charge in [0, 0.05) is 11.6 Å². The van der Waals surface area contributed by atoms with E-state index in [1.807, 2.05) is 6.92 Å². The van der Waals surface area contributed by atoms with Gasteiger partial charge in [-0.05, 0) is 24.6 Å². The first-order chi connectivity index (χ1) is 6.63. The van der Waals surface area contributed by atoms with Crippen molar-refractivity contribution in [1.82, 2.24) is 0 Å². The van der Waals surface area contributed by atoms with Crippen molar-refractivity contribution in [3.05, 3.63) is 29.0 Å². The monoisotopic (exact) mass is 217 g/mol. The van der Waals surface area contributed by atoms with Crippen LogP contribution in [0, 0.1) is 5.82 Å². The summed E-state index contributed by atoms with van der Waals surface area (Å²) < 4.78 is 13.2. The minimum Gasteiger partial charge on any atom is -0.391 e. The minimum absolute atomic E-state index is 0.342. The lowest BCUT2D eigenvalue weighted by atomic mass is 10.2. The van der Waals surface area contributed by atoms with Gasteiger partial charge in [-0.2, -0.15) is 0 Å². The molecule has 2 nitrogen and oxygen atoms in total. The van der Waals surface area contributed by atoms with Gasteiger partial charge in [0.15, 0.2) is 0 Å². The van der Waals surface area contributed by atoms with Crippen molar-refractivity contribution in [3.63, 3.8) is 0 Å². The van der Waals surface area contributed by atoms with E-state index in [4.69, 9.17) is 11.6 Å². The number of aliphatic hydroxyl groups excluding tert-OH is 1. The van der Waals surface area contributed by atoms with Crippen molar-refractivity contribution in [3.8, 4) is 0 Å². The molecule has 0 bridgehead atoms. The standard InChI is InChI=1S/C10H13ClFNO/c1-2-8(14)6-13-10-4-3-7(11)5-9(10)12/h3-5,8,13-14H,2,6H2,1H3. The number of nitrogens with one attached hydrogen (secondary N) is 1. The topological polar surface area (TPSA) is 32.3 Å². The van der Waals surface area contributed by atoms with E-state index in [9.17, 15) is 9.50 Å². The van der Waals surface area contributed by atoms with E-state index in [0.717, 1.165) is 0 Å². The molecule has 2 N–H and O–H groups in total. The first-order valence-corrected chi connectivity index (χ1v) is 4.88. The molecule has 0 spiro atoms. The predicted molar refractivity (Wildman–Crippen MR) is 56.2 cm³/mol. The van der Waals surface area contributed by atoms with Gasteiger partial charge in [0.1, 0.15) is 5.82 Å². The highest BCUT2D eigenvalue weighted by Gasteiger charge is 2.04. The third-order valence-corrected chi connectivity index (χ3v) is 2.17. The van der Waals surface area contributed by atoms with Gasteiger partial charge < -0.3 is 10.4 Å². The van der Waals surface area contributed by atoms with Crippen LogP contribution in [0.1, 0.15) is 13.3 Å². The Kier molecular flexibility index (Phi) is 4.17. The first-order valence-electron chi connectivity index (χ1n) is 4.50. The van der Waals surface area contributed by atoms with Crippen LogP contribution in [0.4, 0.5) is 10.1 Å². The molecule has 0 aliphatic heterocycles. The number of hydrogen-bond acceptors (Lipinski definition) is 2. The second-order valence-electron chi connectivity index (χ2n) is 3.07. The molecule has 0 aliphatic carbocycles. The molecule has 1 aromatic rings. The van der Waals surface area contributed by atoms with E-state index >= 15 is 0 Å². The van der Waals surface area contributed by atoms with Gasteiger partial charge >= 0.3 is 0 Å². The van der Waals surface area contributed by atoms with E-state index in [-0.39, 0.29) is 0 Å². The number of halogens is 2. The molecular formula is C10H13ClFNO. The summed E-state index contributed by atoms with van der Waals surface area (Å²) >= 11 is 5.59. The number of hydrogen-bond donors (Lipinski definition) is 2.